The lowest BCUT2D eigenvalue weighted by atomic mass is 10.1. The van der Waals surface area contributed by atoms with Crippen molar-refractivity contribution in [1.82, 2.24) is 9.80 Å². The van der Waals surface area contributed by atoms with Crippen LogP contribution in [0.5, 0.6) is 11.5 Å². The van der Waals surface area contributed by atoms with Gasteiger partial charge in [0.05, 0.1) is 5.56 Å². The lowest BCUT2D eigenvalue weighted by molar-refractivity contribution is -0.138. The molecule has 1 fully saturated rings. The molecule has 2 aromatic rings. The van der Waals surface area contributed by atoms with E-state index in [2.05, 4.69) is 30.9 Å². The number of amides is 1. The van der Waals surface area contributed by atoms with Crippen molar-refractivity contribution in [2.45, 2.75) is 33.7 Å². The first-order valence-corrected chi connectivity index (χ1v) is 9.96. The average Bonchev–Trinajstić information content (AvgIpc) is 2.84. The van der Waals surface area contributed by atoms with E-state index in [0.29, 0.717) is 6.54 Å². The van der Waals surface area contributed by atoms with Gasteiger partial charge in [-0.1, -0.05) is 37.6 Å². The second-order valence-corrected chi connectivity index (χ2v) is 7.99. The fourth-order valence-electron chi connectivity index (χ4n) is 3.89. The molecule has 0 bridgehead atoms. The number of aliphatic imine (C=N–C) groups is 1. The van der Waals surface area contributed by atoms with Gasteiger partial charge in [0.15, 0.2) is 5.75 Å². The van der Waals surface area contributed by atoms with Crippen molar-refractivity contribution in [1.29, 1.82) is 0 Å². The maximum absolute atomic E-state index is 12.5. The zero-order valence-corrected chi connectivity index (χ0v) is 17.0. The molecule has 4 rings (SSSR count). The Labute approximate surface area is 166 Å². The number of aryl methyl sites for hydroxylation is 1. The van der Waals surface area contributed by atoms with E-state index in [-0.39, 0.29) is 17.9 Å². The number of piperazine rings is 1. The summed E-state index contributed by atoms with van der Waals surface area (Å²) >= 11 is 0. The summed E-state index contributed by atoms with van der Waals surface area (Å²) in [6.07, 6.45) is 0. The van der Waals surface area contributed by atoms with Crippen molar-refractivity contribution in [3.8, 4) is 11.5 Å². The normalized spacial score (nSPS) is 18.8. The molecular formula is C23H27N3O2. The number of ether oxygens (including phenoxy) is 1. The molecule has 2 aliphatic heterocycles. The van der Waals surface area contributed by atoms with Gasteiger partial charge in [-0.3, -0.25) is 4.79 Å². The predicted molar refractivity (Wildman–Crippen MR) is 111 cm³/mol. The summed E-state index contributed by atoms with van der Waals surface area (Å²) in [7, 11) is 0. The first kappa shape index (κ1) is 18.5. The molecule has 146 valence electrons. The second-order valence-electron chi connectivity index (χ2n) is 7.99. The molecule has 5 nitrogen and oxygen atoms in total. The molecule has 2 heterocycles. The SMILES string of the molecule is Cc1ccc2c(c1)C(N1CCN(C(=O)C(C)C)C(C)C1)=Nc1ccccc1O2. The Morgan fingerprint density at radius 2 is 1.93 bits per heavy atom. The molecule has 0 aliphatic carbocycles. The molecule has 1 saturated heterocycles. The minimum atomic E-state index is 0.0212. The van der Waals surface area contributed by atoms with Gasteiger partial charge in [0.2, 0.25) is 5.91 Å². The van der Waals surface area contributed by atoms with Crippen LogP contribution in [0.25, 0.3) is 0 Å². The van der Waals surface area contributed by atoms with E-state index >= 15 is 0 Å². The molecule has 1 amide bonds. The smallest absolute Gasteiger partial charge is 0.225 e. The summed E-state index contributed by atoms with van der Waals surface area (Å²) in [6, 6.07) is 14.2. The maximum Gasteiger partial charge on any atom is 0.225 e. The Balaban J connectivity index is 1.71. The number of benzene rings is 2. The lowest BCUT2D eigenvalue weighted by Crippen LogP contribution is -2.56. The first-order valence-electron chi connectivity index (χ1n) is 9.96. The number of hydrogen-bond donors (Lipinski definition) is 0. The second kappa shape index (κ2) is 7.30. The van der Waals surface area contributed by atoms with Crippen molar-refractivity contribution >= 4 is 17.4 Å². The summed E-state index contributed by atoms with van der Waals surface area (Å²) in [4.78, 5) is 21.8. The average molecular weight is 377 g/mol. The quantitative estimate of drug-likeness (QED) is 0.741. The van der Waals surface area contributed by atoms with Crippen molar-refractivity contribution in [3.63, 3.8) is 0 Å². The third-order valence-corrected chi connectivity index (χ3v) is 5.39. The largest absolute Gasteiger partial charge is 0.454 e. The van der Waals surface area contributed by atoms with Gasteiger partial charge in [-0.15, -0.1) is 0 Å². The van der Waals surface area contributed by atoms with E-state index in [0.717, 1.165) is 41.7 Å². The van der Waals surface area contributed by atoms with E-state index in [1.807, 2.05) is 49.1 Å². The number of para-hydroxylation sites is 2. The topological polar surface area (TPSA) is 45.1 Å². The van der Waals surface area contributed by atoms with E-state index in [4.69, 9.17) is 9.73 Å². The van der Waals surface area contributed by atoms with Gasteiger partial charge >= 0.3 is 0 Å². The van der Waals surface area contributed by atoms with Crippen molar-refractivity contribution < 1.29 is 9.53 Å². The highest BCUT2D eigenvalue weighted by molar-refractivity contribution is 6.04. The zero-order chi connectivity index (χ0) is 19.8. The summed E-state index contributed by atoms with van der Waals surface area (Å²) in [6.45, 7) is 10.3. The van der Waals surface area contributed by atoms with Gasteiger partial charge in [0, 0.05) is 31.6 Å². The Bertz CT molecular complexity index is 935. The van der Waals surface area contributed by atoms with Gasteiger partial charge < -0.3 is 14.5 Å². The fraction of sp³-hybridized carbons (Fsp3) is 0.391. The van der Waals surface area contributed by atoms with Crippen LogP contribution in [0.2, 0.25) is 0 Å². The van der Waals surface area contributed by atoms with E-state index in [1.165, 1.54) is 5.56 Å². The summed E-state index contributed by atoms with van der Waals surface area (Å²) in [5.74, 6) is 2.76. The van der Waals surface area contributed by atoms with Gasteiger partial charge in [0.25, 0.3) is 0 Å². The molecule has 28 heavy (non-hydrogen) atoms. The standard InChI is InChI=1S/C23H27N3O2/c1-15(2)23(27)26-12-11-25(14-17(26)4)22-18-13-16(3)9-10-20(18)28-21-8-6-5-7-19(21)24-22/h5-10,13,15,17H,11-12,14H2,1-4H3. The predicted octanol–water partition coefficient (Wildman–Crippen LogP) is 4.37. The summed E-state index contributed by atoms with van der Waals surface area (Å²) in [5, 5.41) is 0. The highest BCUT2D eigenvalue weighted by atomic mass is 16.5. The minimum absolute atomic E-state index is 0.0212. The van der Waals surface area contributed by atoms with E-state index in [9.17, 15) is 4.79 Å². The molecule has 0 saturated carbocycles. The van der Waals surface area contributed by atoms with Gasteiger partial charge in [-0.05, 0) is 38.1 Å². The third kappa shape index (κ3) is 3.37. The highest BCUT2D eigenvalue weighted by Crippen LogP contribution is 2.38. The number of carbonyl (C=O) groups is 1. The van der Waals surface area contributed by atoms with Crippen LogP contribution in [0.3, 0.4) is 0 Å². The molecule has 5 heteroatoms. The third-order valence-electron chi connectivity index (χ3n) is 5.39. The van der Waals surface area contributed by atoms with E-state index in [1.54, 1.807) is 0 Å². The number of amidine groups is 1. The number of hydrogen-bond acceptors (Lipinski definition) is 4. The highest BCUT2D eigenvalue weighted by Gasteiger charge is 2.32. The van der Waals surface area contributed by atoms with Crippen LogP contribution < -0.4 is 4.74 Å². The number of nitrogens with zero attached hydrogens (tertiary/aromatic N) is 3. The maximum atomic E-state index is 12.5. The Morgan fingerprint density at radius 3 is 2.68 bits per heavy atom. The zero-order valence-electron chi connectivity index (χ0n) is 17.0. The Hall–Kier alpha value is -2.82. The van der Waals surface area contributed by atoms with Crippen LogP contribution >= 0.6 is 0 Å². The van der Waals surface area contributed by atoms with Crippen LogP contribution in [0.15, 0.2) is 47.5 Å². The van der Waals surface area contributed by atoms with Gasteiger partial charge in [-0.2, -0.15) is 0 Å². The molecule has 1 atom stereocenters. The first-order chi connectivity index (χ1) is 13.4. The lowest BCUT2D eigenvalue weighted by Gasteiger charge is -2.42. The monoisotopic (exact) mass is 377 g/mol. The van der Waals surface area contributed by atoms with Crippen LogP contribution in [0, 0.1) is 12.8 Å². The molecule has 0 spiro atoms. The van der Waals surface area contributed by atoms with E-state index < -0.39 is 0 Å². The molecule has 2 aromatic carbocycles. The van der Waals surface area contributed by atoms with Crippen LogP contribution in [0.4, 0.5) is 5.69 Å². The van der Waals surface area contributed by atoms with Gasteiger partial charge in [0.1, 0.15) is 17.3 Å². The van der Waals surface area contributed by atoms with Crippen LogP contribution in [0.1, 0.15) is 31.9 Å². The van der Waals surface area contributed by atoms with Crippen LogP contribution in [-0.4, -0.2) is 47.2 Å². The summed E-state index contributed by atoms with van der Waals surface area (Å²) in [5.41, 5.74) is 3.01. The summed E-state index contributed by atoms with van der Waals surface area (Å²) < 4.78 is 6.19. The van der Waals surface area contributed by atoms with Crippen molar-refractivity contribution in [2.75, 3.05) is 19.6 Å². The number of fused-ring (bicyclic) bond motifs is 2. The van der Waals surface area contributed by atoms with Crippen molar-refractivity contribution in [2.24, 2.45) is 10.9 Å². The number of carbonyl (C=O) groups excluding carboxylic acids is 1. The molecule has 0 radical (unpaired) electrons. The molecule has 1 unspecified atom stereocenters. The minimum Gasteiger partial charge on any atom is -0.454 e. The van der Waals surface area contributed by atoms with Crippen molar-refractivity contribution in [3.05, 3.63) is 53.6 Å². The molecule has 0 N–H and O–H groups in total. The Morgan fingerprint density at radius 1 is 1.14 bits per heavy atom. The molecule has 2 aliphatic rings. The Kier molecular flexibility index (Phi) is 4.84. The van der Waals surface area contributed by atoms with Gasteiger partial charge in [-0.25, -0.2) is 4.99 Å². The molecule has 0 aromatic heterocycles. The molecular weight excluding hydrogens is 350 g/mol. The number of rotatable bonds is 1. The van der Waals surface area contributed by atoms with Crippen LogP contribution in [-0.2, 0) is 4.79 Å². The fourth-order valence-corrected chi connectivity index (χ4v) is 3.89.